The van der Waals surface area contributed by atoms with Crippen molar-refractivity contribution in [2.75, 3.05) is 38.3 Å². The number of benzene rings is 2. The molecule has 0 aliphatic carbocycles. The Morgan fingerprint density at radius 1 is 1.19 bits per heavy atom. The lowest BCUT2D eigenvalue weighted by atomic mass is 10.2. The summed E-state index contributed by atoms with van der Waals surface area (Å²) >= 11 is 0. The minimum atomic E-state index is -0.818. The van der Waals surface area contributed by atoms with Crippen molar-refractivity contribution in [2.24, 2.45) is 0 Å². The van der Waals surface area contributed by atoms with Gasteiger partial charge in [0.05, 0.1) is 12.7 Å². The molecule has 9 heteroatoms. The number of carbonyl (C=O) groups excluding carboxylic acids is 2. The Bertz CT molecular complexity index is 989. The monoisotopic (exact) mass is 438 g/mol. The predicted molar refractivity (Wildman–Crippen MR) is 118 cm³/mol. The van der Waals surface area contributed by atoms with Crippen molar-refractivity contribution in [2.45, 2.75) is 19.1 Å². The molecule has 2 N–H and O–H groups in total. The third kappa shape index (κ3) is 5.17. The highest BCUT2D eigenvalue weighted by Gasteiger charge is 2.42. The van der Waals surface area contributed by atoms with Gasteiger partial charge in [0.2, 0.25) is 0 Å². The number of hydrogen-bond donors (Lipinski definition) is 2. The summed E-state index contributed by atoms with van der Waals surface area (Å²) in [5.74, 6) is 0.804. The summed E-state index contributed by atoms with van der Waals surface area (Å²) in [5.41, 5.74) is 1.02. The van der Waals surface area contributed by atoms with Gasteiger partial charge in [0.25, 0.3) is 5.91 Å². The molecular formula is C23H26N4O5. The number of nitrogens with one attached hydrogen (secondary N) is 1. The van der Waals surface area contributed by atoms with E-state index in [-0.39, 0.29) is 31.6 Å². The molecule has 3 rings (SSSR count). The Balaban J connectivity index is 1.46. The van der Waals surface area contributed by atoms with E-state index in [1.54, 1.807) is 62.6 Å². The molecule has 0 radical (unpaired) electrons. The number of carbonyl (C=O) groups is 2. The molecule has 2 unspecified atom stereocenters. The molecule has 1 aliphatic heterocycles. The van der Waals surface area contributed by atoms with Crippen LogP contribution in [-0.4, -0.2) is 67.4 Å². The van der Waals surface area contributed by atoms with Gasteiger partial charge in [-0.2, -0.15) is 5.26 Å². The number of urea groups is 1. The van der Waals surface area contributed by atoms with Crippen LogP contribution in [-0.2, 0) is 4.79 Å². The molecular weight excluding hydrogens is 412 g/mol. The predicted octanol–water partition coefficient (Wildman–Crippen LogP) is 1.75. The van der Waals surface area contributed by atoms with Crippen LogP contribution in [0.3, 0.4) is 0 Å². The smallest absolute Gasteiger partial charge is 0.332 e. The Morgan fingerprint density at radius 2 is 1.91 bits per heavy atom. The summed E-state index contributed by atoms with van der Waals surface area (Å²) in [6.07, 6.45) is -0.818. The zero-order valence-corrected chi connectivity index (χ0v) is 18.0. The molecule has 1 aliphatic rings. The van der Waals surface area contributed by atoms with E-state index in [0.717, 1.165) is 0 Å². The lowest BCUT2D eigenvalue weighted by Crippen LogP contribution is -2.40. The second kappa shape index (κ2) is 10.6. The number of nitriles is 1. The minimum absolute atomic E-state index is 0.00947. The van der Waals surface area contributed by atoms with Gasteiger partial charge in [-0.3, -0.25) is 14.6 Å². The molecule has 1 heterocycles. The fourth-order valence-corrected chi connectivity index (χ4v) is 3.40. The lowest BCUT2D eigenvalue weighted by molar-refractivity contribution is -0.126. The third-order valence-corrected chi connectivity index (χ3v) is 5.13. The van der Waals surface area contributed by atoms with Crippen LogP contribution >= 0.6 is 0 Å². The molecule has 0 saturated carbocycles. The van der Waals surface area contributed by atoms with Gasteiger partial charge in [-0.25, -0.2) is 4.79 Å². The zero-order valence-electron chi connectivity index (χ0n) is 18.0. The Kier molecular flexibility index (Phi) is 7.65. The molecule has 2 atom stereocenters. The molecule has 32 heavy (non-hydrogen) atoms. The van der Waals surface area contributed by atoms with Crippen LogP contribution in [0.5, 0.6) is 11.5 Å². The topological polar surface area (TPSA) is 115 Å². The normalized spacial score (nSPS) is 16.8. The summed E-state index contributed by atoms with van der Waals surface area (Å²) < 4.78 is 10.6. The maximum Gasteiger partial charge on any atom is 0.332 e. The molecule has 0 spiro atoms. The summed E-state index contributed by atoms with van der Waals surface area (Å²) in [5, 5.41) is 22.2. The van der Waals surface area contributed by atoms with Crippen molar-refractivity contribution in [1.82, 2.24) is 10.2 Å². The van der Waals surface area contributed by atoms with E-state index in [9.17, 15) is 14.7 Å². The van der Waals surface area contributed by atoms with E-state index in [1.807, 2.05) is 6.07 Å². The number of anilines is 1. The van der Waals surface area contributed by atoms with Crippen LogP contribution in [0.15, 0.2) is 48.5 Å². The SMILES string of the molecule is COc1ccc(N2C(=O)N(CCNCC(O)COc3ccccc3C#N)C(=O)C2C)cc1. The molecule has 0 bridgehead atoms. The summed E-state index contributed by atoms with van der Waals surface area (Å²) in [6.45, 7) is 2.42. The largest absolute Gasteiger partial charge is 0.497 e. The first kappa shape index (κ1) is 23.1. The van der Waals surface area contributed by atoms with Crippen molar-refractivity contribution in [3.63, 3.8) is 0 Å². The van der Waals surface area contributed by atoms with Gasteiger partial charge in [0.15, 0.2) is 0 Å². The van der Waals surface area contributed by atoms with Gasteiger partial charge < -0.3 is 19.9 Å². The van der Waals surface area contributed by atoms with Crippen LogP contribution < -0.4 is 19.7 Å². The van der Waals surface area contributed by atoms with E-state index in [0.29, 0.717) is 29.3 Å². The quantitative estimate of drug-likeness (QED) is 0.429. The van der Waals surface area contributed by atoms with E-state index >= 15 is 0 Å². The molecule has 1 fully saturated rings. The van der Waals surface area contributed by atoms with Crippen molar-refractivity contribution in [1.29, 1.82) is 5.26 Å². The first-order valence-electron chi connectivity index (χ1n) is 10.3. The number of ether oxygens (including phenoxy) is 2. The lowest BCUT2D eigenvalue weighted by Gasteiger charge is -2.20. The maximum absolute atomic E-state index is 12.8. The van der Waals surface area contributed by atoms with E-state index < -0.39 is 12.1 Å². The number of nitrogens with zero attached hydrogens (tertiary/aromatic N) is 3. The molecule has 168 valence electrons. The highest BCUT2D eigenvalue weighted by Crippen LogP contribution is 2.27. The van der Waals surface area contributed by atoms with E-state index in [2.05, 4.69) is 5.32 Å². The molecule has 9 nitrogen and oxygen atoms in total. The number of aliphatic hydroxyl groups is 1. The first-order chi connectivity index (χ1) is 15.5. The molecule has 2 aromatic rings. The number of imide groups is 1. The number of para-hydroxylation sites is 1. The van der Waals surface area contributed by atoms with Crippen molar-refractivity contribution >= 4 is 17.6 Å². The zero-order chi connectivity index (χ0) is 23.1. The fourth-order valence-electron chi connectivity index (χ4n) is 3.40. The van der Waals surface area contributed by atoms with Gasteiger partial charge in [0, 0.05) is 25.3 Å². The van der Waals surface area contributed by atoms with Gasteiger partial charge in [-0.15, -0.1) is 0 Å². The van der Waals surface area contributed by atoms with Crippen LogP contribution in [0.1, 0.15) is 12.5 Å². The van der Waals surface area contributed by atoms with Gasteiger partial charge >= 0.3 is 6.03 Å². The highest BCUT2D eigenvalue weighted by molar-refractivity contribution is 6.14. The second-order valence-electron chi connectivity index (χ2n) is 7.29. The van der Waals surface area contributed by atoms with Crippen LogP contribution in [0.2, 0.25) is 0 Å². The van der Waals surface area contributed by atoms with Crippen molar-refractivity contribution < 1.29 is 24.2 Å². The van der Waals surface area contributed by atoms with Crippen LogP contribution in [0, 0.1) is 11.3 Å². The number of aliphatic hydroxyl groups excluding tert-OH is 1. The van der Waals surface area contributed by atoms with Crippen molar-refractivity contribution in [3.8, 4) is 17.6 Å². The average molecular weight is 438 g/mol. The average Bonchev–Trinajstić information content (AvgIpc) is 3.03. The molecule has 0 aromatic heterocycles. The maximum atomic E-state index is 12.8. The third-order valence-electron chi connectivity index (χ3n) is 5.13. The minimum Gasteiger partial charge on any atom is -0.497 e. The van der Waals surface area contributed by atoms with Crippen LogP contribution in [0.4, 0.5) is 10.5 Å². The van der Waals surface area contributed by atoms with Crippen molar-refractivity contribution in [3.05, 3.63) is 54.1 Å². The Hall–Kier alpha value is -3.61. The number of rotatable bonds is 10. The Labute approximate surface area is 186 Å². The first-order valence-corrected chi connectivity index (χ1v) is 10.3. The number of amides is 3. The summed E-state index contributed by atoms with van der Waals surface area (Å²) in [6, 6.07) is 14.8. The number of methoxy groups -OCH3 is 1. The Morgan fingerprint density at radius 3 is 2.59 bits per heavy atom. The summed E-state index contributed by atoms with van der Waals surface area (Å²) in [7, 11) is 1.56. The molecule has 3 amide bonds. The van der Waals surface area contributed by atoms with Crippen LogP contribution in [0.25, 0.3) is 0 Å². The standard InChI is InChI=1S/C23H26N4O5/c1-16-22(29)26(23(30)27(16)18-7-9-20(31-2)10-8-18)12-11-25-14-19(28)15-32-21-6-4-3-5-17(21)13-24/h3-10,16,19,25,28H,11-12,14-15H2,1-2H3. The second-order valence-corrected chi connectivity index (χ2v) is 7.29. The van der Waals surface area contributed by atoms with E-state index in [4.69, 9.17) is 14.7 Å². The van der Waals surface area contributed by atoms with Gasteiger partial charge in [-0.1, -0.05) is 12.1 Å². The van der Waals surface area contributed by atoms with Gasteiger partial charge in [0.1, 0.15) is 36.3 Å². The molecule has 1 saturated heterocycles. The highest BCUT2D eigenvalue weighted by atomic mass is 16.5. The van der Waals surface area contributed by atoms with E-state index in [1.165, 1.54) is 9.80 Å². The van der Waals surface area contributed by atoms with Gasteiger partial charge in [-0.05, 0) is 43.3 Å². The fraction of sp³-hybridized carbons (Fsp3) is 0.348. The molecule has 2 aromatic carbocycles. The number of hydrogen-bond acceptors (Lipinski definition) is 7. The summed E-state index contributed by atoms with van der Waals surface area (Å²) in [4.78, 5) is 28.0.